The number of benzene rings is 1. The zero-order valence-corrected chi connectivity index (χ0v) is 14.0. The molecule has 2 unspecified atom stereocenters. The highest BCUT2D eigenvalue weighted by atomic mass is 16.6. The Bertz CT molecular complexity index is 465. The second kappa shape index (κ2) is 9.53. The number of hydrogen-bond acceptors (Lipinski definition) is 5. The topological polar surface area (TPSA) is 54.0 Å². The molecule has 1 saturated heterocycles. The summed E-state index contributed by atoms with van der Waals surface area (Å²) in [4.78, 5) is 12.0. The van der Waals surface area contributed by atoms with Gasteiger partial charge in [-0.25, -0.2) is 4.79 Å². The highest BCUT2D eigenvalue weighted by Crippen LogP contribution is 2.19. The molecule has 2 atom stereocenters. The van der Waals surface area contributed by atoms with E-state index in [1.807, 2.05) is 0 Å². The maximum absolute atomic E-state index is 12.0. The monoisotopic (exact) mass is 322 g/mol. The summed E-state index contributed by atoms with van der Waals surface area (Å²) in [6.07, 6.45) is 3.67. The van der Waals surface area contributed by atoms with Gasteiger partial charge in [0, 0.05) is 6.61 Å². The number of carbonyl (C=O) groups is 1. The van der Waals surface area contributed by atoms with Crippen LogP contribution in [-0.2, 0) is 14.3 Å². The summed E-state index contributed by atoms with van der Waals surface area (Å²) in [7, 11) is 0. The molecule has 1 aromatic rings. The van der Waals surface area contributed by atoms with E-state index in [4.69, 9.17) is 18.9 Å². The number of carbonyl (C=O) groups excluding carboxylic acids is 1. The van der Waals surface area contributed by atoms with Crippen LogP contribution in [0, 0.1) is 0 Å². The molecule has 1 aliphatic heterocycles. The van der Waals surface area contributed by atoms with Crippen LogP contribution in [-0.4, -0.2) is 38.0 Å². The van der Waals surface area contributed by atoms with Gasteiger partial charge in [-0.2, -0.15) is 0 Å². The van der Waals surface area contributed by atoms with Crippen molar-refractivity contribution in [1.29, 1.82) is 0 Å². The van der Waals surface area contributed by atoms with Crippen LogP contribution < -0.4 is 9.47 Å². The molecule has 0 spiro atoms. The minimum atomic E-state index is -0.614. The zero-order valence-electron chi connectivity index (χ0n) is 14.0. The molecule has 1 heterocycles. The summed E-state index contributed by atoms with van der Waals surface area (Å²) in [5.41, 5.74) is 0. The van der Waals surface area contributed by atoms with Crippen LogP contribution in [0.5, 0.6) is 11.5 Å². The first-order valence-electron chi connectivity index (χ1n) is 8.36. The lowest BCUT2D eigenvalue weighted by atomic mass is 10.1. The summed E-state index contributed by atoms with van der Waals surface area (Å²) >= 11 is 0. The van der Waals surface area contributed by atoms with Crippen molar-refractivity contribution < 1.29 is 23.7 Å². The van der Waals surface area contributed by atoms with Gasteiger partial charge in [-0.05, 0) is 56.9 Å². The van der Waals surface area contributed by atoms with E-state index in [0.717, 1.165) is 38.0 Å². The number of rotatable bonds is 8. The summed E-state index contributed by atoms with van der Waals surface area (Å²) in [6, 6.07) is 7.03. The summed E-state index contributed by atoms with van der Waals surface area (Å²) in [5.74, 6) is 0.858. The number of esters is 1. The Morgan fingerprint density at radius 3 is 2.65 bits per heavy atom. The van der Waals surface area contributed by atoms with Gasteiger partial charge in [0.05, 0.1) is 19.3 Å². The van der Waals surface area contributed by atoms with Crippen molar-refractivity contribution in [3.8, 4) is 11.5 Å². The SMILES string of the molecule is CCCOc1ccc(OC(=O)C(C)OCC2CCCCO2)cc1. The summed E-state index contributed by atoms with van der Waals surface area (Å²) in [6.45, 7) is 5.63. The smallest absolute Gasteiger partial charge is 0.340 e. The molecule has 0 bridgehead atoms. The summed E-state index contributed by atoms with van der Waals surface area (Å²) < 4.78 is 22.0. The third kappa shape index (κ3) is 6.20. The lowest BCUT2D eigenvalue weighted by Crippen LogP contribution is -2.31. The van der Waals surface area contributed by atoms with E-state index in [2.05, 4.69) is 6.92 Å². The van der Waals surface area contributed by atoms with E-state index in [1.54, 1.807) is 31.2 Å². The minimum Gasteiger partial charge on any atom is -0.494 e. The van der Waals surface area contributed by atoms with Gasteiger partial charge in [0.1, 0.15) is 11.5 Å². The largest absolute Gasteiger partial charge is 0.494 e. The van der Waals surface area contributed by atoms with E-state index in [1.165, 1.54) is 0 Å². The molecule has 5 nitrogen and oxygen atoms in total. The molecule has 1 aromatic carbocycles. The maximum atomic E-state index is 12.0. The Balaban J connectivity index is 1.73. The van der Waals surface area contributed by atoms with Crippen LogP contribution in [0.25, 0.3) is 0 Å². The Hall–Kier alpha value is -1.59. The molecule has 23 heavy (non-hydrogen) atoms. The predicted octanol–water partition coefficient (Wildman–Crippen LogP) is 3.36. The fourth-order valence-electron chi connectivity index (χ4n) is 2.28. The Morgan fingerprint density at radius 2 is 2.00 bits per heavy atom. The standard InChI is InChI=1S/C18H26O5/c1-3-11-20-15-7-9-16(10-8-15)23-18(19)14(2)22-13-17-6-4-5-12-21-17/h7-10,14,17H,3-6,11-13H2,1-2H3. The Labute approximate surface area is 137 Å². The molecule has 1 fully saturated rings. The van der Waals surface area contributed by atoms with Gasteiger partial charge in [-0.15, -0.1) is 0 Å². The van der Waals surface area contributed by atoms with Crippen LogP contribution in [0.15, 0.2) is 24.3 Å². The molecule has 128 valence electrons. The lowest BCUT2D eigenvalue weighted by Gasteiger charge is -2.23. The molecule has 0 aliphatic carbocycles. The van der Waals surface area contributed by atoms with Gasteiger partial charge >= 0.3 is 5.97 Å². The summed E-state index contributed by atoms with van der Waals surface area (Å²) in [5, 5.41) is 0. The molecule has 0 aromatic heterocycles. The maximum Gasteiger partial charge on any atom is 0.340 e. The number of hydrogen-bond donors (Lipinski definition) is 0. The van der Waals surface area contributed by atoms with Gasteiger partial charge in [0.2, 0.25) is 0 Å². The van der Waals surface area contributed by atoms with Gasteiger partial charge in [0.15, 0.2) is 6.10 Å². The van der Waals surface area contributed by atoms with Gasteiger partial charge in [-0.3, -0.25) is 0 Å². The van der Waals surface area contributed by atoms with E-state index in [0.29, 0.717) is 19.0 Å². The third-order valence-corrected chi connectivity index (χ3v) is 3.65. The first-order chi connectivity index (χ1) is 11.2. The van der Waals surface area contributed by atoms with Crippen molar-refractivity contribution in [2.45, 2.75) is 51.7 Å². The molecule has 0 saturated carbocycles. The molecule has 2 rings (SSSR count). The van der Waals surface area contributed by atoms with E-state index in [9.17, 15) is 4.79 Å². The molecular formula is C18H26O5. The molecule has 0 amide bonds. The highest BCUT2D eigenvalue weighted by Gasteiger charge is 2.20. The van der Waals surface area contributed by atoms with E-state index < -0.39 is 12.1 Å². The molecule has 0 radical (unpaired) electrons. The quantitative estimate of drug-likeness (QED) is 0.542. The van der Waals surface area contributed by atoms with Crippen molar-refractivity contribution in [3.05, 3.63) is 24.3 Å². The highest BCUT2D eigenvalue weighted by molar-refractivity contribution is 5.76. The minimum absolute atomic E-state index is 0.0917. The average Bonchev–Trinajstić information content (AvgIpc) is 2.60. The van der Waals surface area contributed by atoms with E-state index >= 15 is 0 Å². The second-order valence-electron chi connectivity index (χ2n) is 5.71. The second-order valence-corrected chi connectivity index (χ2v) is 5.71. The lowest BCUT2D eigenvalue weighted by molar-refractivity contribution is -0.149. The first-order valence-corrected chi connectivity index (χ1v) is 8.36. The molecule has 1 aliphatic rings. The van der Waals surface area contributed by atoms with Crippen molar-refractivity contribution >= 4 is 5.97 Å². The Morgan fingerprint density at radius 1 is 1.26 bits per heavy atom. The van der Waals surface area contributed by atoms with E-state index in [-0.39, 0.29) is 6.10 Å². The predicted molar refractivity (Wildman–Crippen MR) is 86.9 cm³/mol. The van der Waals surface area contributed by atoms with Crippen LogP contribution in [0.2, 0.25) is 0 Å². The fourth-order valence-corrected chi connectivity index (χ4v) is 2.28. The van der Waals surface area contributed by atoms with Crippen molar-refractivity contribution in [3.63, 3.8) is 0 Å². The fraction of sp³-hybridized carbons (Fsp3) is 0.611. The average molecular weight is 322 g/mol. The van der Waals surface area contributed by atoms with Gasteiger partial charge < -0.3 is 18.9 Å². The van der Waals surface area contributed by atoms with Crippen molar-refractivity contribution in [2.24, 2.45) is 0 Å². The zero-order chi connectivity index (χ0) is 16.5. The van der Waals surface area contributed by atoms with Crippen molar-refractivity contribution in [2.75, 3.05) is 19.8 Å². The molecular weight excluding hydrogens is 296 g/mol. The van der Waals surface area contributed by atoms with Crippen LogP contribution in [0.4, 0.5) is 0 Å². The van der Waals surface area contributed by atoms with Crippen LogP contribution in [0.1, 0.15) is 39.5 Å². The molecule has 5 heteroatoms. The van der Waals surface area contributed by atoms with Gasteiger partial charge in [0.25, 0.3) is 0 Å². The van der Waals surface area contributed by atoms with Crippen LogP contribution in [0.3, 0.4) is 0 Å². The van der Waals surface area contributed by atoms with Crippen molar-refractivity contribution in [1.82, 2.24) is 0 Å². The normalized spacial score (nSPS) is 19.1. The molecule has 0 N–H and O–H groups in total. The Kier molecular flexibility index (Phi) is 7.36. The van der Waals surface area contributed by atoms with Crippen LogP contribution >= 0.6 is 0 Å². The first kappa shape index (κ1) is 17.8. The third-order valence-electron chi connectivity index (χ3n) is 3.65. The van der Waals surface area contributed by atoms with Gasteiger partial charge in [-0.1, -0.05) is 6.92 Å². The number of ether oxygens (including phenoxy) is 4.